The summed E-state index contributed by atoms with van der Waals surface area (Å²) in [5.74, 6) is 5.98. The van der Waals surface area contributed by atoms with Crippen LogP contribution in [-0.4, -0.2) is 5.38 Å². The maximum atomic E-state index is 6.02. The molecule has 0 fully saturated rings. The van der Waals surface area contributed by atoms with E-state index in [1.165, 1.54) is 5.56 Å². The van der Waals surface area contributed by atoms with Gasteiger partial charge in [0.2, 0.25) is 0 Å². The van der Waals surface area contributed by atoms with Crippen molar-refractivity contribution in [2.24, 2.45) is 0 Å². The van der Waals surface area contributed by atoms with Crippen molar-refractivity contribution in [1.82, 2.24) is 0 Å². The second-order valence-electron chi connectivity index (χ2n) is 2.83. The molecular formula is C12H13Cl. The van der Waals surface area contributed by atoms with Gasteiger partial charge in [-0.05, 0) is 12.0 Å². The van der Waals surface area contributed by atoms with Crippen LogP contribution in [0.2, 0.25) is 0 Å². The average molecular weight is 193 g/mol. The number of hydrogen-bond acceptors (Lipinski definition) is 0. The van der Waals surface area contributed by atoms with Gasteiger partial charge in [0.05, 0.1) is 5.38 Å². The Kier molecular flexibility index (Phi) is 4.43. The molecule has 1 unspecified atom stereocenters. The molecule has 0 saturated carbocycles. The van der Waals surface area contributed by atoms with Gasteiger partial charge in [0.15, 0.2) is 0 Å². The standard InChI is InChI=1S/C12H13Cl/c1-2-3-9-12(13)10-11-7-5-4-6-8-11/h4-8,12H,2,10H2,1H3. The van der Waals surface area contributed by atoms with Crippen LogP contribution in [-0.2, 0) is 6.42 Å². The molecule has 0 nitrogen and oxygen atoms in total. The highest BCUT2D eigenvalue weighted by Crippen LogP contribution is 2.06. The molecule has 1 aromatic rings. The Hall–Kier alpha value is -0.930. The lowest BCUT2D eigenvalue weighted by Gasteiger charge is -2.01. The van der Waals surface area contributed by atoms with Crippen molar-refractivity contribution in [3.8, 4) is 11.8 Å². The minimum Gasteiger partial charge on any atom is -0.108 e. The average Bonchev–Trinajstić information content (AvgIpc) is 2.16. The summed E-state index contributed by atoms with van der Waals surface area (Å²) in [5.41, 5.74) is 1.24. The van der Waals surface area contributed by atoms with Gasteiger partial charge in [-0.1, -0.05) is 43.2 Å². The lowest BCUT2D eigenvalue weighted by molar-refractivity contribution is 1.03. The topological polar surface area (TPSA) is 0 Å². The summed E-state index contributed by atoms with van der Waals surface area (Å²) in [6.07, 6.45) is 1.70. The van der Waals surface area contributed by atoms with Crippen molar-refractivity contribution in [2.75, 3.05) is 0 Å². The van der Waals surface area contributed by atoms with Gasteiger partial charge in [0.1, 0.15) is 0 Å². The predicted octanol–water partition coefficient (Wildman–Crippen LogP) is 3.25. The number of halogens is 1. The van der Waals surface area contributed by atoms with Crippen molar-refractivity contribution in [3.05, 3.63) is 35.9 Å². The monoisotopic (exact) mass is 192 g/mol. The predicted molar refractivity (Wildman–Crippen MR) is 57.9 cm³/mol. The molecule has 1 heteroatoms. The van der Waals surface area contributed by atoms with E-state index >= 15 is 0 Å². The van der Waals surface area contributed by atoms with Gasteiger partial charge in [0, 0.05) is 6.42 Å². The van der Waals surface area contributed by atoms with Gasteiger partial charge < -0.3 is 0 Å². The van der Waals surface area contributed by atoms with E-state index in [0.717, 1.165) is 12.8 Å². The first-order valence-electron chi connectivity index (χ1n) is 4.49. The van der Waals surface area contributed by atoms with Crippen LogP contribution in [0.1, 0.15) is 18.9 Å². The minimum atomic E-state index is -0.0534. The second kappa shape index (κ2) is 5.67. The van der Waals surface area contributed by atoms with E-state index in [1.807, 2.05) is 25.1 Å². The van der Waals surface area contributed by atoms with E-state index in [0.29, 0.717) is 0 Å². The van der Waals surface area contributed by atoms with Crippen LogP contribution in [0.15, 0.2) is 30.3 Å². The first-order chi connectivity index (χ1) is 6.33. The molecule has 0 radical (unpaired) electrons. The van der Waals surface area contributed by atoms with E-state index in [9.17, 15) is 0 Å². The van der Waals surface area contributed by atoms with Crippen LogP contribution in [0.4, 0.5) is 0 Å². The highest BCUT2D eigenvalue weighted by molar-refractivity contribution is 6.22. The summed E-state index contributed by atoms with van der Waals surface area (Å²) in [6, 6.07) is 10.2. The minimum absolute atomic E-state index is 0.0534. The van der Waals surface area contributed by atoms with Crippen molar-refractivity contribution >= 4 is 11.6 Å². The Morgan fingerprint density at radius 2 is 2.00 bits per heavy atom. The SMILES string of the molecule is CCC#CC(Cl)Cc1ccccc1. The Balaban J connectivity index is 2.50. The molecular weight excluding hydrogens is 180 g/mol. The van der Waals surface area contributed by atoms with Crippen molar-refractivity contribution < 1.29 is 0 Å². The molecule has 13 heavy (non-hydrogen) atoms. The number of rotatable bonds is 2. The van der Waals surface area contributed by atoms with Crippen LogP contribution >= 0.6 is 11.6 Å². The third kappa shape index (κ3) is 4.01. The Labute approximate surface area is 84.9 Å². The lowest BCUT2D eigenvalue weighted by Crippen LogP contribution is -1.99. The smallest absolute Gasteiger partial charge is 0.0983 e. The molecule has 0 spiro atoms. The highest BCUT2D eigenvalue weighted by atomic mass is 35.5. The molecule has 0 bridgehead atoms. The van der Waals surface area contributed by atoms with E-state index in [4.69, 9.17) is 11.6 Å². The summed E-state index contributed by atoms with van der Waals surface area (Å²) in [7, 11) is 0. The number of hydrogen-bond donors (Lipinski definition) is 0. The van der Waals surface area contributed by atoms with E-state index in [-0.39, 0.29) is 5.38 Å². The molecule has 0 N–H and O–H groups in total. The van der Waals surface area contributed by atoms with Gasteiger partial charge in [-0.3, -0.25) is 0 Å². The Bertz CT molecular complexity index is 292. The normalized spacial score (nSPS) is 11.5. The van der Waals surface area contributed by atoms with Crippen molar-refractivity contribution in [3.63, 3.8) is 0 Å². The summed E-state index contributed by atoms with van der Waals surface area (Å²) in [5, 5.41) is -0.0534. The van der Waals surface area contributed by atoms with Gasteiger partial charge in [-0.2, -0.15) is 0 Å². The first-order valence-corrected chi connectivity index (χ1v) is 4.93. The molecule has 0 aliphatic carbocycles. The van der Waals surface area contributed by atoms with E-state index in [1.54, 1.807) is 0 Å². The van der Waals surface area contributed by atoms with Crippen LogP contribution in [0.5, 0.6) is 0 Å². The summed E-state index contributed by atoms with van der Waals surface area (Å²) in [6.45, 7) is 2.03. The molecule has 0 amide bonds. The zero-order chi connectivity index (χ0) is 9.52. The molecule has 1 aromatic carbocycles. The van der Waals surface area contributed by atoms with Crippen LogP contribution < -0.4 is 0 Å². The summed E-state index contributed by atoms with van der Waals surface area (Å²) >= 11 is 6.02. The van der Waals surface area contributed by atoms with Crippen LogP contribution in [0.3, 0.4) is 0 Å². The zero-order valence-electron chi connectivity index (χ0n) is 7.76. The van der Waals surface area contributed by atoms with Gasteiger partial charge in [-0.15, -0.1) is 17.5 Å². The van der Waals surface area contributed by atoms with Crippen molar-refractivity contribution in [1.29, 1.82) is 0 Å². The fraction of sp³-hybridized carbons (Fsp3) is 0.333. The molecule has 0 heterocycles. The van der Waals surface area contributed by atoms with Gasteiger partial charge in [0.25, 0.3) is 0 Å². The first kappa shape index (κ1) is 10.2. The van der Waals surface area contributed by atoms with Crippen LogP contribution in [0.25, 0.3) is 0 Å². The third-order valence-electron chi connectivity index (χ3n) is 1.69. The van der Waals surface area contributed by atoms with E-state index in [2.05, 4.69) is 24.0 Å². The fourth-order valence-electron chi connectivity index (χ4n) is 1.08. The fourth-order valence-corrected chi connectivity index (χ4v) is 1.34. The van der Waals surface area contributed by atoms with Gasteiger partial charge in [-0.25, -0.2) is 0 Å². The largest absolute Gasteiger partial charge is 0.108 e. The van der Waals surface area contributed by atoms with Crippen LogP contribution in [0, 0.1) is 11.8 Å². The maximum absolute atomic E-state index is 6.02. The molecule has 1 atom stereocenters. The molecule has 0 aromatic heterocycles. The maximum Gasteiger partial charge on any atom is 0.0983 e. The number of alkyl halides is 1. The van der Waals surface area contributed by atoms with Gasteiger partial charge >= 0.3 is 0 Å². The zero-order valence-corrected chi connectivity index (χ0v) is 8.51. The lowest BCUT2D eigenvalue weighted by atomic mass is 10.1. The molecule has 0 aliphatic heterocycles. The molecule has 0 aliphatic rings. The van der Waals surface area contributed by atoms with E-state index < -0.39 is 0 Å². The molecule has 1 rings (SSSR count). The highest BCUT2D eigenvalue weighted by Gasteiger charge is 2.00. The quantitative estimate of drug-likeness (QED) is 0.499. The molecule has 0 saturated heterocycles. The van der Waals surface area contributed by atoms with Crippen molar-refractivity contribution in [2.45, 2.75) is 25.1 Å². The summed E-state index contributed by atoms with van der Waals surface area (Å²) < 4.78 is 0. The molecule has 68 valence electrons. The Morgan fingerprint density at radius 3 is 2.62 bits per heavy atom. The third-order valence-corrected chi connectivity index (χ3v) is 1.96. The summed E-state index contributed by atoms with van der Waals surface area (Å²) in [4.78, 5) is 0. The second-order valence-corrected chi connectivity index (χ2v) is 3.36. The number of benzene rings is 1. The Morgan fingerprint density at radius 1 is 1.31 bits per heavy atom.